The summed E-state index contributed by atoms with van der Waals surface area (Å²) in [5, 5.41) is 7.42. The van der Waals surface area contributed by atoms with Gasteiger partial charge in [0, 0.05) is 31.4 Å². The monoisotopic (exact) mass is 353 g/mol. The lowest BCUT2D eigenvalue weighted by Gasteiger charge is -2.33. The Bertz CT molecular complexity index is 900. The van der Waals surface area contributed by atoms with E-state index in [0.29, 0.717) is 0 Å². The summed E-state index contributed by atoms with van der Waals surface area (Å²) in [6, 6.07) is 10.1. The molecule has 1 fully saturated rings. The van der Waals surface area contributed by atoms with Gasteiger partial charge in [-0.1, -0.05) is 12.1 Å². The van der Waals surface area contributed by atoms with Crippen LogP contribution in [0.15, 0.2) is 48.8 Å². The van der Waals surface area contributed by atoms with Crippen LogP contribution in [0, 0.1) is 5.82 Å². The second-order valence-corrected chi connectivity index (χ2v) is 6.54. The van der Waals surface area contributed by atoms with E-state index < -0.39 is 0 Å². The molecule has 0 saturated carbocycles. The highest BCUT2D eigenvalue weighted by atomic mass is 19.1. The molecule has 0 spiro atoms. The Balaban J connectivity index is 1.33. The van der Waals surface area contributed by atoms with Gasteiger partial charge in [-0.15, -0.1) is 0 Å². The van der Waals surface area contributed by atoms with Crippen LogP contribution in [-0.4, -0.2) is 39.6 Å². The molecule has 6 nitrogen and oxygen atoms in total. The summed E-state index contributed by atoms with van der Waals surface area (Å²) in [5.74, 6) is 0.716. The first-order chi connectivity index (χ1) is 12.7. The van der Waals surface area contributed by atoms with Gasteiger partial charge in [0.1, 0.15) is 11.6 Å². The summed E-state index contributed by atoms with van der Waals surface area (Å²) >= 11 is 0. The summed E-state index contributed by atoms with van der Waals surface area (Å²) < 4.78 is 14.8. The molecule has 1 aliphatic rings. The van der Waals surface area contributed by atoms with Crippen LogP contribution in [0.25, 0.3) is 5.65 Å². The van der Waals surface area contributed by atoms with Gasteiger partial charge in [0.2, 0.25) is 5.91 Å². The number of aromatic nitrogens is 3. The Morgan fingerprint density at radius 1 is 1.12 bits per heavy atom. The fourth-order valence-electron chi connectivity index (χ4n) is 3.38. The van der Waals surface area contributed by atoms with Crippen molar-refractivity contribution >= 4 is 17.4 Å². The smallest absolute Gasteiger partial charge is 0.224 e. The number of rotatable bonds is 4. The van der Waals surface area contributed by atoms with Crippen LogP contribution >= 0.6 is 0 Å². The summed E-state index contributed by atoms with van der Waals surface area (Å²) in [4.78, 5) is 18.8. The normalized spacial score (nSPS) is 15.3. The molecule has 0 radical (unpaired) electrons. The standard InChI is InChI=1S/C19H20FN5O/c20-15-3-1-14(2-4-15)13-18(26)23-16-7-11-24(12-8-16)19-6-9-21-17-5-10-22-25(17)19/h1-6,9-10,16H,7-8,11-13H2,(H,23,26). The van der Waals surface area contributed by atoms with E-state index in [1.54, 1.807) is 24.5 Å². The van der Waals surface area contributed by atoms with Crippen LogP contribution < -0.4 is 10.2 Å². The van der Waals surface area contributed by atoms with Crippen molar-refractivity contribution in [1.82, 2.24) is 19.9 Å². The van der Waals surface area contributed by atoms with E-state index in [9.17, 15) is 9.18 Å². The molecule has 4 rings (SSSR count). The third kappa shape index (κ3) is 3.51. The number of nitrogens with zero attached hydrogens (tertiary/aromatic N) is 4. The van der Waals surface area contributed by atoms with E-state index in [2.05, 4.69) is 20.3 Å². The maximum absolute atomic E-state index is 12.9. The van der Waals surface area contributed by atoms with Crippen molar-refractivity contribution in [2.45, 2.75) is 25.3 Å². The molecule has 3 aromatic rings. The number of halogens is 1. The second kappa shape index (κ2) is 7.11. The fourth-order valence-corrected chi connectivity index (χ4v) is 3.38. The largest absolute Gasteiger partial charge is 0.356 e. The van der Waals surface area contributed by atoms with E-state index >= 15 is 0 Å². The molecule has 26 heavy (non-hydrogen) atoms. The lowest BCUT2D eigenvalue weighted by atomic mass is 10.0. The van der Waals surface area contributed by atoms with Gasteiger partial charge >= 0.3 is 0 Å². The minimum Gasteiger partial charge on any atom is -0.356 e. The Labute approximate surface area is 150 Å². The van der Waals surface area contributed by atoms with Gasteiger partial charge in [-0.05, 0) is 36.6 Å². The maximum Gasteiger partial charge on any atom is 0.224 e. The topological polar surface area (TPSA) is 62.5 Å². The Morgan fingerprint density at radius 2 is 1.88 bits per heavy atom. The number of amides is 1. The highest BCUT2D eigenvalue weighted by Crippen LogP contribution is 2.20. The van der Waals surface area contributed by atoms with Crippen molar-refractivity contribution in [1.29, 1.82) is 0 Å². The summed E-state index contributed by atoms with van der Waals surface area (Å²) in [6.45, 7) is 1.70. The molecule has 1 amide bonds. The van der Waals surface area contributed by atoms with Crippen LogP contribution in [0.4, 0.5) is 10.2 Å². The lowest BCUT2D eigenvalue weighted by Crippen LogP contribution is -2.45. The average molecular weight is 353 g/mol. The first-order valence-electron chi connectivity index (χ1n) is 8.76. The summed E-state index contributed by atoms with van der Waals surface area (Å²) in [6.07, 6.45) is 5.57. The van der Waals surface area contributed by atoms with Gasteiger partial charge in [0.15, 0.2) is 5.65 Å². The molecule has 3 heterocycles. The first kappa shape index (κ1) is 16.5. The quantitative estimate of drug-likeness (QED) is 0.781. The minimum atomic E-state index is -0.288. The van der Waals surface area contributed by atoms with Gasteiger partial charge < -0.3 is 10.2 Å². The van der Waals surface area contributed by atoms with Crippen molar-refractivity contribution < 1.29 is 9.18 Å². The van der Waals surface area contributed by atoms with Crippen LogP contribution in [-0.2, 0) is 11.2 Å². The molecular weight excluding hydrogens is 333 g/mol. The van der Waals surface area contributed by atoms with E-state index in [-0.39, 0.29) is 24.2 Å². The van der Waals surface area contributed by atoms with E-state index in [0.717, 1.165) is 43.0 Å². The van der Waals surface area contributed by atoms with E-state index in [1.165, 1.54) is 12.1 Å². The third-order valence-electron chi connectivity index (χ3n) is 4.73. The molecule has 1 aliphatic heterocycles. The number of piperidine rings is 1. The molecule has 0 bridgehead atoms. The molecule has 1 N–H and O–H groups in total. The fraction of sp³-hybridized carbons (Fsp3) is 0.316. The van der Waals surface area contributed by atoms with Crippen LogP contribution in [0.3, 0.4) is 0 Å². The van der Waals surface area contributed by atoms with Crippen molar-refractivity contribution in [3.63, 3.8) is 0 Å². The van der Waals surface area contributed by atoms with E-state index in [1.807, 2.05) is 16.6 Å². The molecular formula is C19H20FN5O. The number of hydrogen-bond acceptors (Lipinski definition) is 4. The van der Waals surface area contributed by atoms with Crippen molar-refractivity contribution in [3.8, 4) is 0 Å². The zero-order valence-corrected chi connectivity index (χ0v) is 14.3. The molecule has 7 heteroatoms. The van der Waals surface area contributed by atoms with Crippen molar-refractivity contribution in [2.24, 2.45) is 0 Å². The van der Waals surface area contributed by atoms with Gasteiger partial charge in [0.05, 0.1) is 12.6 Å². The van der Waals surface area contributed by atoms with Crippen molar-refractivity contribution in [3.05, 3.63) is 60.2 Å². The Kier molecular flexibility index (Phi) is 4.51. The zero-order valence-electron chi connectivity index (χ0n) is 14.3. The number of anilines is 1. The Hall–Kier alpha value is -2.96. The summed E-state index contributed by atoms with van der Waals surface area (Å²) in [5.41, 5.74) is 1.65. The first-order valence-corrected chi connectivity index (χ1v) is 8.76. The third-order valence-corrected chi connectivity index (χ3v) is 4.73. The number of benzene rings is 1. The zero-order chi connectivity index (χ0) is 17.9. The minimum absolute atomic E-state index is 0.0200. The lowest BCUT2D eigenvalue weighted by molar-refractivity contribution is -0.121. The highest BCUT2D eigenvalue weighted by molar-refractivity contribution is 5.78. The number of carbonyl (C=O) groups is 1. The van der Waals surface area contributed by atoms with Gasteiger partial charge in [0.25, 0.3) is 0 Å². The summed E-state index contributed by atoms with van der Waals surface area (Å²) in [7, 11) is 0. The maximum atomic E-state index is 12.9. The van der Waals surface area contributed by atoms with Gasteiger partial charge in [-0.3, -0.25) is 4.79 Å². The second-order valence-electron chi connectivity index (χ2n) is 6.54. The van der Waals surface area contributed by atoms with E-state index in [4.69, 9.17) is 0 Å². The molecule has 134 valence electrons. The van der Waals surface area contributed by atoms with Crippen molar-refractivity contribution in [2.75, 3.05) is 18.0 Å². The predicted molar refractivity (Wildman–Crippen MR) is 96.5 cm³/mol. The molecule has 0 unspecified atom stereocenters. The number of fused-ring (bicyclic) bond motifs is 1. The molecule has 1 aromatic carbocycles. The number of carbonyl (C=O) groups excluding carboxylic acids is 1. The predicted octanol–water partition coefficient (Wildman–Crippen LogP) is 2.20. The SMILES string of the molecule is O=C(Cc1ccc(F)cc1)NC1CCN(c2ccnc3ccnn23)CC1. The van der Waals surface area contributed by atoms with Crippen LogP contribution in [0.2, 0.25) is 0 Å². The van der Waals surface area contributed by atoms with Crippen LogP contribution in [0.1, 0.15) is 18.4 Å². The molecule has 0 atom stereocenters. The molecule has 0 aliphatic carbocycles. The molecule has 2 aromatic heterocycles. The average Bonchev–Trinajstić information content (AvgIpc) is 3.13. The molecule has 1 saturated heterocycles. The number of nitrogens with one attached hydrogen (secondary N) is 1. The van der Waals surface area contributed by atoms with Gasteiger partial charge in [-0.2, -0.15) is 9.61 Å². The highest BCUT2D eigenvalue weighted by Gasteiger charge is 2.22. The van der Waals surface area contributed by atoms with Gasteiger partial charge in [-0.25, -0.2) is 9.37 Å². The Morgan fingerprint density at radius 3 is 2.65 bits per heavy atom. The number of hydrogen-bond donors (Lipinski definition) is 1. The van der Waals surface area contributed by atoms with Crippen LogP contribution in [0.5, 0.6) is 0 Å².